The molecule has 2 unspecified atom stereocenters. The van der Waals surface area contributed by atoms with Crippen LogP contribution in [0.5, 0.6) is 0 Å². The Bertz CT molecular complexity index is 348. The third-order valence-corrected chi connectivity index (χ3v) is 3.18. The van der Waals surface area contributed by atoms with Crippen molar-refractivity contribution in [1.29, 1.82) is 0 Å². The first-order chi connectivity index (χ1) is 7.74. The number of nitrogens with zero attached hydrogens (tertiary/aromatic N) is 1. The van der Waals surface area contributed by atoms with Crippen LogP contribution in [-0.2, 0) is 4.79 Å². The van der Waals surface area contributed by atoms with Crippen molar-refractivity contribution in [3.05, 3.63) is 18.4 Å². The molecule has 16 heavy (non-hydrogen) atoms. The van der Waals surface area contributed by atoms with Gasteiger partial charge in [0.1, 0.15) is 0 Å². The van der Waals surface area contributed by atoms with E-state index in [1.165, 1.54) is 0 Å². The van der Waals surface area contributed by atoms with E-state index in [1.54, 1.807) is 11.2 Å². The van der Waals surface area contributed by atoms with Gasteiger partial charge in [-0.25, -0.2) is 0 Å². The average molecular weight is 222 g/mol. The van der Waals surface area contributed by atoms with E-state index in [9.17, 15) is 4.79 Å². The number of carbonyl (C=O) groups is 1. The standard InChI is InChI=1S/C12H18N2O2/c1-9-5-3-6-10(13-2)12(15)14(9)11-7-4-8-16-11/h4,7-10,13H,3,5-6H2,1-2H3. The minimum absolute atomic E-state index is 0.0879. The molecule has 1 aliphatic heterocycles. The fourth-order valence-corrected chi connectivity index (χ4v) is 2.26. The molecule has 2 rings (SSSR count). The van der Waals surface area contributed by atoms with Gasteiger partial charge in [-0.05, 0) is 39.3 Å². The zero-order valence-electron chi connectivity index (χ0n) is 9.77. The molecular formula is C12H18N2O2. The van der Waals surface area contributed by atoms with Crippen LogP contribution in [0.15, 0.2) is 22.8 Å². The van der Waals surface area contributed by atoms with Crippen LogP contribution in [0.2, 0.25) is 0 Å². The number of likely N-dealkylation sites (N-methyl/N-ethyl adjacent to an activating group) is 1. The van der Waals surface area contributed by atoms with Gasteiger partial charge in [0.2, 0.25) is 11.8 Å². The molecule has 4 heteroatoms. The lowest BCUT2D eigenvalue weighted by Gasteiger charge is -2.26. The molecule has 1 fully saturated rings. The van der Waals surface area contributed by atoms with Crippen molar-refractivity contribution in [1.82, 2.24) is 5.32 Å². The molecule has 0 aromatic carbocycles. The van der Waals surface area contributed by atoms with E-state index in [0.717, 1.165) is 19.3 Å². The number of hydrogen-bond donors (Lipinski definition) is 1. The topological polar surface area (TPSA) is 45.5 Å². The Morgan fingerprint density at radius 1 is 1.50 bits per heavy atom. The van der Waals surface area contributed by atoms with E-state index >= 15 is 0 Å². The summed E-state index contributed by atoms with van der Waals surface area (Å²) in [5.41, 5.74) is 0. The van der Waals surface area contributed by atoms with E-state index in [1.807, 2.05) is 19.2 Å². The maximum absolute atomic E-state index is 12.3. The fourth-order valence-electron chi connectivity index (χ4n) is 2.26. The van der Waals surface area contributed by atoms with E-state index in [2.05, 4.69) is 12.2 Å². The Labute approximate surface area is 95.6 Å². The third-order valence-electron chi connectivity index (χ3n) is 3.18. The molecule has 4 nitrogen and oxygen atoms in total. The summed E-state index contributed by atoms with van der Waals surface area (Å²) in [4.78, 5) is 14.1. The van der Waals surface area contributed by atoms with Crippen LogP contribution in [0.3, 0.4) is 0 Å². The quantitative estimate of drug-likeness (QED) is 0.829. The van der Waals surface area contributed by atoms with Crippen LogP contribution in [-0.4, -0.2) is 25.0 Å². The smallest absolute Gasteiger partial charge is 0.246 e. The molecule has 2 atom stereocenters. The third kappa shape index (κ3) is 1.97. The maximum Gasteiger partial charge on any atom is 0.246 e. The van der Waals surface area contributed by atoms with Crippen molar-refractivity contribution in [3.8, 4) is 0 Å². The molecular weight excluding hydrogens is 204 g/mol. The zero-order chi connectivity index (χ0) is 11.5. The SMILES string of the molecule is CNC1CCCC(C)N(c2ccco2)C1=O. The highest BCUT2D eigenvalue weighted by Gasteiger charge is 2.32. The second-order valence-corrected chi connectivity index (χ2v) is 4.28. The largest absolute Gasteiger partial charge is 0.448 e. The summed E-state index contributed by atoms with van der Waals surface area (Å²) in [6.45, 7) is 2.07. The van der Waals surface area contributed by atoms with Crippen LogP contribution in [0.1, 0.15) is 26.2 Å². The number of carbonyl (C=O) groups excluding carboxylic acids is 1. The molecule has 2 heterocycles. The molecule has 0 saturated carbocycles. The average Bonchev–Trinajstić information content (AvgIpc) is 2.73. The van der Waals surface area contributed by atoms with Gasteiger partial charge < -0.3 is 9.73 Å². The van der Waals surface area contributed by atoms with Gasteiger partial charge >= 0.3 is 0 Å². The summed E-state index contributed by atoms with van der Waals surface area (Å²) >= 11 is 0. The highest BCUT2D eigenvalue weighted by atomic mass is 16.3. The van der Waals surface area contributed by atoms with Gasteiger partial charge in [0.25, 0.3) is 0 Å². The van der Waals surface area contributed by atoms with Crippen LogP contribution >= 0.6 is 0 Å². The lowest BCUT2D eigenvalue weighted by Crippen LogP contribution is -2.46. The maximum atomic E-state index is 12.3. The first-order valence-corrected chi connectivity index (χ1v) is 5.78. The van der Waals surface area contributed by atoms with Crippen molar-refractivity contribution in [2.45, 2.75) is 38.3 Å². The van der Waals surface area contributed by atoms with Gasteiger partial charge in [0.15, 0.2) is 0 Å². The van der Waals surface area contributed by atoms with Crippen LogP contribution < -0.4 is 10.2 Å². The Balaban J connectivity index is 2.27. The van der Waals surface area contributed by atoms with E-state index < -0.39 is 0 Å². The van der Waals surface area contributed by atoms with Crippen molar-refractivity contribution >= 4 is 11.8 Å². The molecule has 88 valence electrons. The summed E-state index contributed by atoms with van der Waals surface area (Å²) in [6.07, 6.45) is 4.59. The molecule has 1 aliphatic rings. The zero-order valence-corrected chi connectivity index (χ0v) is 9.77. The first-order valence-electron chi connectivity index (χ1n) is 5.78. The Morgan fingerprint density at radius 2 is 2.31 bits per heavy atom. The number of furan rings is 1. The first kappa shape index (κ1) is 11.2. The molecule has 0 radical (unpaired) electrons. The van der Waals surface area contributed by atoms with Crippen molar-refractivity contribution in [2.24, 2.45) is 0 Å². The lowest BCUT2D eigenvalue weighted by atomic mass is 10.1. The number of hydrogen-bond acceptors (Lipinski definition) is 3. The normalized spacial score (nSPS) is 26.9. The second-order valence-electron chi connectivity index (χ2n) is 4.28. The lowest BCUT2D eigenvalue weighted by molar-refractivity contribution is -0.120. The predicted molar refractivity (Wildman–Crippen MR) is 62.4 cm³/mol. The molecule has 0 aliphatic carbocycles. The summed E-state index contributed by atoms with van der Waals surface area (Å²) < 4.78 is 5.34. The monoisotopic (exact) mass is 222 g/mol. The summed E-state index contributed by atoms with van der Waals surface area (Å²) in [7, 11) is 1.83. The minimum atomic E-state index is -0.0879. The number of rotatable bonds is 2. The highest BCUT2D eigenvalue weighted by Crippen LogP contribution is 2.25. The van der Waals surface area contributed by atoms with E-state index in [4.69, 9.17) is 4.42 Å². The summed E-state index contributed by atoms with van der Waals surface area (Å²) in [5.74, 6) is 0.766. The molecule has 1 aromatic rings. The van der Waals surface area contributed by atoms with Crippen LogP contribution in [0, 0.1) is 0 Å². The second kappa shape index (κ2) is 4.70. The molecule has 1 saturated heterocycles. The van der Waals surface area contributed by atoms with E-state index in [-0.39, 0.29) is 18.0 Å². The van der Waals surface area contributed by atoms with Gasteiger partial charge in [0, 0.05) is 12.1 Å². The van der Waals surface area contributed by atoms with Crippen LogP contribution in [0.4, 0.5) is 5.88 Å². The molecule has 1 aromatic heterocycles. The number of amides is 1. The Hall–Kier alpha value is -1.29. The van der Waals surface area contributed by atoms with Gasteiger partial charge in [-0.2, -0.15) is 0 Å². The molecule has 0 bridgehead atoms. The summed E-state index contributed by atoms with van der Waals surface area (Å²) in [6, 6.07) is 3.77. The fraction of sp³-hybridized carbons (Fsp3) is 0.583. The molecule has 1 N–H and O–H groups in total. The van der Waals surface area contributed by atoms with Gasteiger partial charge in [-0.15, -0.1) is 0 Å². The van der Waals surface area contributed by atoms with Gasteiger partial charge in [0.05, 0.1) is 12.3 Å². The van der Waals surface area contributed by atoms with Crippen molar-refractivity contribution < 1.29 is 9.21 Å². The molecule has 1 amide bonds. The number of anilines is 1. The van der Waals surface area contributed by atoms with Gasteiger partial charge in [-0.3, -0.25) is 9.69 Å². The minimum Gasteiger partial charge on any atom is -0.448 e. The Morgan fingerprint density at radius 3 is 2.94 bits per heavy atom. The number of nitrogens with one attached hydrogen (secondary N) is 1. The van der Waals surface area contributed by atoms with Crippen molar-refractivity contribution in [3.63, 3.8) is 0 Å². The van der Waals surface area contributed by atoms with Gasteiger partial charge in [-0.1, -0.05) is 0 Å². The van der Waals surface area contributed by atoms with Crippen LogP contribution in [0.25, 0.3) is 0 Å². The molecule has 0 spiro atoms. The van der Waals surface area contributed by atoms with Crippen molar-refractivity contribution in [2.75, 3.05) is 11.9 Å². The Kier molecular flexibility index (Phi) is 3.29. The summed E-state index contributed by atoms with van der Waals surface area (Å²) in [5, 5.41) is 3.07. The van der Waals surface area contributed by atoms with E-state index in [0.29, 0.717) is 5.88 Å². The highest BCUT2D eigenvalue weighted by molar-refractivity contribution is 5.96. The predicted octanol–water partition coefficient (Wildman–Crippen LogP) is 1.77.